The number of nitrogens with one attached hydrogen (secondary N) is 2. The lowest BCUT2D eigenvalue weighted by Gasteiger charge is -2.19. The second-order valence-corrected chi connectivity index (χ2v) is 6.60. The molecular weight excluding hydrogens is 338 g/mol. The van der Waals surface area contributed by atoms with Gasteiger partial charge in [0.1, 0.15) is 17.2 Å². The molecule has 1 amide bonds. The van der Waals surface area contributed by atoms with E-state index in [9.17, 15) is 14.9 Å². The van der Waals surface area contributed by atoms with Crippen LogP contribution in [0.3, 0.4) is 0 Å². The first-order chi connectivity index (χ1) is 12.2. The van der Waals surface area contributed by atoms with Gasteiger partial charge in [-0.05, 0) is 32.9 Å². The van der Waals surface area contributed by atoms with Crippen molar-refractivity contribution < 1.29 is 14.5 Å². The van der Waals surface area contributed by atoms with Crippen molar-refractivity contribution >= 4 is 28.6 Å². The summed E-state index contributed by atoms with van der Waals surface area (Å²) in [5.41, 5.74) is 1.38. The average molecular weight is 355 g/mol. The number of amides is 1. The van der Waals surface area contributed by atoms with E-state index in [0.29, 0.717) is 28.2 Å². The third-order valence-corrected chi connectivity index (χ3v) is 3.35. The van der Waals surface area contributed by atoms with Crippen molar-refractivity contribution in [3.05, 3.63) is 46.6 Å². The molecule has 0 saturated heterocycles. The molecule has 2 N–H and O–H groups in total. The number of nitro benzene ring substituents is 1. The second kappa shape index (κ2) is 6.43. The molecule has 0 radical (unpaired) electrons. The maximum absolute atomic E-state index is 11.8. The zero-order valence-electron chi connectivity index (χ0n) is 14.4. The Morgan fingerprint density at radius 2 is 1.96 bits per heavy atom. The Balaban J connectivity index is 1.83. The molecule has 9 heteroatoms. The van der Waals surface area contributed by atoms with Crippen LogP contribution in [-0.2, 0) is 4.74 Å². The first kappa shape index (κ1) is 17.3. The number of hydrogen-bond acceptors (Lipinski definition) is 6. The van der Waals surface area contributed by atoms with E-state index < -0.39 is 16.6 Å². The average Bonchev–Trinajstić information content (AvgIpc) is 2.96. The number of carbonyl (C=O) groups is 1. The van der Waals surface area contributed by atoms with E-state index in [1.54, 1.807) is 45.2 Å². The third-order valence-electron chi connectivity index (χ3n) is 3.35. The number of imidazole rings is 1. The summed E-state index contributed by atoms with van der Waals surface area (Å²) in [5.74, 6) is 0.861. The number of aromatic amines is 1. The van der Waals surface area contributed by atoms with E-state index in [4.69, 9.17) is 4.74 Å². The van der Waals surface area contributed by atoms with Crippen molar-refractivity contribution in [2.75, 3.05) is 5.32 Å². The van der Waals surface area contributed by atoms with Crippen molar-refractivity contribution in [2.45, 2.75) is 26.4 Å². The van der Waals surface area contributed by atoms with E-state index in [1.165, 1.54) is 12.1 Å². The van der Waals surface area contributed by atoms with Crippen molar-refractivity contribution in [3.63, 3.8) is 0 Å². The number of hydrogen-bond donors (Lipinski definition) is 2. The first-order valence-electron chi connectivity index (χ1n) is 7.82. The summed E-state index contributed by atoms with van der Waals surface area (Å²) in [4.78, 5) is 33.8. The molecule has 9 nitrogen and oxygen atoms in total. The molecular formula is C17H17N5O4. The number of ether oxygens (including phenoxy) is 1. The number of nitro groups is 1. The molecule has 1 aromatic carbocycles. The molecule has 0 aliphatic heterocycles. The highest BCUT2D eigenvalue weighted by Crippen LogP contribution is 2.23. The Bertz CT molecular complexity index is 973. The molecule has 3 aromatic rings. The van der Waals surface area contributed by atoms with Gasteiger partial charge in [0, 0.05) is 23.8 Å². The van der Waals surface area contributed by atoms with Crippen molar-refractivity contribution in [2.24, 2.45) is 0 Å². The number of H-pyrrole nitrogens is 1. The van der Waals surface area contributed by atoms with Gasteiger partial charge in [-0.3, -0.25) is 15.4 Å². The molecule has 0 saturated carbocycles. The second-order valence-electron chi connectivity index (χ2n) is 6.60. The highest BCUT2D eigenvalue weighted by Gasteiger charge is 2.17. The molecule has 0 spiro atoms. The van der Waals surface area contributed by atoms with E-state index >= 15 is 0 Å². The van der Waals surface area contributed by atoms with Crippen LogP contribution in [0, 0.1) is 10.1 Å². The predicted octanol–water partition coefficient (Wildman–Crippen LogP) is 3.88. The summed E-state index contributed by atoms with van der Waals surface area (Å²) in [5, 5.41) is 13.3. The van der Waals surface area contributed by atoms with Gasteiger partial charge in [-0.25, -0.2) is 14.8 Å². The molecule has 0 atom stereocenters. The van der Waals surface area contributed by atoms with Crippen LogP contribution in [0.2, 0.25) is 0 Å². The lowest BCUT2D eigenvalue weighted by atomic mass is 10.2. The van der Waals surface area contributed by atoms with Crippen LogP contribution in [0.5, 0.6) is 0 Å². The summed E-state index contributed by atoms with van der Waals surface area (Å²) in [6, 6.07) is 7.67. The number of carbonyl (C=O) groups excluding carboxylic acids is 1. The minimum atomic E-state index is -0.608. The Morgan fingerprint density at radius 1 is 1.27 bits per heavy atom. The SMILES string of the molecule is CC(C)(C)OC(=O)Nc1cc2nc(-c3ccc([N+](=O)[O-])cc3)[nH]c2cn1. The lowest BCUT2D eigenvalue weighted by molar-refractivity contribution is -0.384. The number of benzene rings is 1. The normalized spacial score (nSPS) is 11.3. The van der Waals surface area contributed by atoms with Crippen LogP contribution < -0.4 is 5.32 Å². The van der Waals surface area contributed by atoms with E-state index in [-0.39, 0.29) is 5.69 Å². The Hall–Kier alpha value is -3.49. The van der Waals surface area contributed by atoms with Gasteiger partial charge in [0.15, 0.2) is 0 Å². The van der Waals surface area contributed by atoms with Crippen LogP contribution in [0.25, 0.3) is 22.4 Å². The van der Waals surface area contributed by atoms with Gasteiger partial charge in [-0.1, -0.05) is 0 Å². The van der Waals surface area contributed by atoms with Gasteiger partial charge in [-0.15, -0.1) is 0 Å². The largest absolute Gasteiger partial charge is 0.444 e. The van der Waals surface area contributed by atoms with Crippen LogP contribution in [-0.4, -0.2) is 31.6 Å². The minimum Gasteiger partial charge on any atom is -0.444 e. The van der Waals surface area contributed by atoms with E-state index in [1.807, 2.05) is 0 Å². The number of nitrogens with zero attached hydrogens (tertiary/aromatic N) is 3. The quantitative estimate of drug-likeness (QED) is 0.543. The number of fused-ring (bicyclic) bond motifs is 1. The number of anilines is 1. The van der Waals surface area contributed by atoms with Gasteiger partial charge in [-0.2, -0.15) is 0 Å². The Kier molecular flexibility index (Phi) is 4.29. The highest BCUT2D eigenvalue weighted by molar-refractivity contribution is 5.87. The van der Waals surface area contributed by atoms with Gasteiger partial charge < -0.3 is 9.72 Å². The minimum absolute atomic E-state index is 0.00961. The molecule has 0 bridgehead atoms. The summed E-state index contributed by atoms with van der Waals surface area (Å²) >= 11 is 0. The zero-order valence-corrected chi connectivity index (χ0v) is 14.4. The molecule has 3 rings (SSSR count). The fourth-order valence-electron chi connectivity index (χ4n) is 2.26. The fourth-order valence-corrected chi connectivity index (χ4v) is 2.26. The van der Waals surface area contributed by atoms with Crippen LogP contribution in [0.4, 0.5) is 16.3 Å². The topological polar surface area (TPSA) is 123 Å². The van der Waals surface area contributed by atoms with E-state index in [2.05, 4.69) is 20.3 Å². The van der Waals surface area contributed by atoms with Crippen LogP contribution in [0.1, 0.15) is 20.8 Å². The summed E-state index contributed by atoms with van der Waals surface area (Å²) in [6.07, 6.45) is 0.944. The molecule has 0 fully saturated rings. The Labute approximate surface area is 148 Å². The summed E-state index contributed by atoms with van der Waals surface area (Å²) < 4.78 is 5.19. The Morgan fingerprint density at radius 3 is 2.58 bits per heavy atom. The molecule has 2 aromatic heterocycles. The number of rotatable bonds is 3. The predicted molar refractivity (Wildman–Crippen MR) is 95.8 cm³/mol. The van der Waals surface area contributed by atoms with Crippen molar-refractivity contribution in [3.8, 4) is 11.4 Å². The van der Waals surface area contributed by atoms with E-state index in [0.717, 1.165) is 0 Å². The van der Waals surface area contributed by atoms with Gasteiger partial charge in [0.05, 0.1) is 22.2 Å². The lowest BCUT2D eigenvalue weighted by Crippen LogP contribution is -2.27. The zero-order chi connectivity index (χ0) is 18.9. The number of pyridine rings is 1. The van der Waals surface area contributed by atoms with Gasteiger partial charge in [0.25, 0.3) is 5.69 Å². The molecule has 2 heterocycles. The molecule has 0 unspecified atom stereocenters. The third kappa shape index (κ3) is 3.94. The van der Waals surface area contributed by atoms with Crippen LogP contribution in [0.15, 0.2) is 36.5 Å². The number of aromatic nitrogens is 3. The molecule has 0 aliphatic carbocycles. The van der Waals surface area contributed by atoms with Crippen LogP contribution >= 0.6 is 0 Å². The van der Waals surface area contributed by atoms with Gasteiger partial charge >= 0.3 is 6.09 Å². The molecule has 0 aliphatic rings. The standard InChI is InChI=1S/C17H17N5O4/c1-17(2,3)26-16(23)21-14-8-12-13(9-18-14)20-15(19-12)10-4-6-11(7-5-10)22(24)25/h4-9H,1-3H3,(H,19,20)(H,18,21,23). The fraction of sp³-hybridized carbons (Fsp3) is 0.235. The first-order valence-corrected chi connectivity index (χ1v) is 7.82. The number of non-ortho nitro benzene ring substituents is 1. The molecule has 26 heavy (non-hydrogen) atoms. The van der Waals surface area contributed by atoms with Crippen molar-refractivity contribution in [1.82, 2.24) is 15.0 Å². The summed E-state index contributed by atoms with van der Waals surface area (Å²) in [6.45, 7) is 5.31. The van der Waals surface area contributed by atoms with Crippen molar-refractivity contribution in [1.29, 1.82) is 0 Å². The highest BCUT2D eigenvalue weighted by atomic mass is 16.6. The molecule has 134 valence electrons. The smallest absolute Gasteiger partial charge is 0.413 e. The monoisotopic (exact) mass is 355 g/mol. The summed E-state index contributed by atoms with van der Waals surface area (Å²) in [7, 11) is 0. The maximum Gasteiger partial charge on any atom is 0.413 e. The maximum atomic E-state index is 11.8. The van der Waals surface area contributed by atoms with Gasteiger partial charge in [0.2, 0.25) is 0 Å².